The largest absolute Gasteiger partial charge is 0.494 e. The highest BCUT2D eigenvalue weighted by atomic mass is 32.2. The Morgan fingerprint density at radius 3 is 1.26 bits per heavy atom. The number of nitrogens with zero attached hydrogens (tertiary/aromatic N) is 15. The lowest BCUT2D eigenvalue weighted by molar-refractivity contribution is 0.0679. The number of aromatic nitrogens is 10. The van der Waals surface area contributed by atoms with E-state index < -0.39 is 17.9 Å². The summed E-state index contributed by atoms with van der Waals surface area (Å²) in [6.07, 6.45) is 14.6. The van der Waals surface area contributed by atoms with Crippen molar-refractivity contribution >= 4 is 210 Å². The van der Waals surface area contributed by atoms with Gasteiger partial charge in [-0.15, -0.1) is 40.4 Å². The van der Waals surface area contributed by atoms with E-state index in [4.69, 9.17) is 20.6 Å². The number of ether oxygens (including phenoxy) is 3. The van der Waals surface area contributed by atoms with E-state index in [1.165, 1.54) is 73.7 Å². The molecule has 38 heteroatoms. The fourth-order valence-electron chi connectivity index (χ4n) is 18.2. The number of rotatable bonds is 31. The number of para-hydroxylation sites is 3. The average molecular weight is 2120 g/mol. The molecule has 14 heterocycles. The molecule has 0 fully saturated rings. The Balaban J connectivity index is 0.000000134. The van der Waals surface area contributed by atoms with Gasteiger partial charge in [0.05, 0.1) is 69.0 Å². The summed E-state index contributed by atoms with van der Waals surface area (Å²) < 4.78 is 23.1. The normalized spacial score (nSPS) is 13.4. The molecule has 18 aromatic rings. The van der Waals surface area contributed by atoms with Gasteiger partial charge in [-0.2, -0.15) is 11.3 Å². The molecule has 23 rings (SSSR count). The molecule has 746 valence electrons. The van der Waals surface area contributed by atoms with Gasteiger partial charge in [0.15, 0.2) is 58.7 Å². The van der Waals surface area contributed by atoms with E-state index in [-0.39, 0.29) is 48.3 Å². The lowest BCUT2D eigenvalue weighted by atomic mass is 9.94. The molecule has 0 spiro atoms. The zero-order valence-electron chi connectivity index (χ0n) is 79.2. The number of thiazole rings is 6. The molecule has 0 atom stereocenters. The number of carboxylic acid groups (broad SMARTS) is 3. The molecule has 0 saturated heterocycles. The summed E-state index contributed by atoms with van der Waals surface area (Å²) >= 11 is 11.7. The van der Waals surface area contributed by atoms with Crippen LogP contribution in [-0.4, -0.2) is 163 Å². The second-order valence-corrected chi connectivity index (χ2v) is 43.1. The number of nitrogens with one attached hydrogen (secondary N) is 3. The molecule has 0 bridgehead atoms. The van der Waals surface area contributed by atoms with Crippen molar-refractivity contribution in [1.29, 1.82) is 0 Å². The molecule has 3 amide bonds. The monoisotopic (exact) mass is 2120 g/mol. The zero-order chi connectivity index (χ0) is 101. The highest BCUT2D eigenvalue weighted by molar-refractivity contribution is 8.16. The van der Waals surface area contributed by atoms with Crippen LogP contribution in [0.5, 0.6) is 17.2 Å². The minimum absolute atomic E-state index is 0. The first-order valence-corrected chi connectivity index (χ1v) is 54.4. The summed E-state index contributed by atoms with van der Waals surface area (Å²) in [7, 11) is 0. The van der Waals surface area contributed by atoms with Crippen molar-refractivity contribution in [3.63, 3.8) is 0 Å². The summed E-state index contributed by atoms with van der Waals surface area (Å²) in [5.41, 5.74) is 19.0. The molecule has 148 heavy (non-hydrogen) atoms. The van der Waals surface area contributed by atoms with E-state index in [0.29, 0.717) is 167 Å². The van der Waals surface area contributed by atoms with Crippen molar-refractivity contribution in [2.45, 2.75) is 105 Å². The van der Waals surface area contributed by atoms with Crippen molar-refractivity contribution in [2.24, 2.45) is 4.99 Å². The van der Waals surface area contributed by atoms with Crippen molar-refractivity contribution in [1.82, 2.24) is 54.3 Å². The second kappa shape index (κ2) is 44.9. The number of imidazole rings is 1. The Labute approximate surface area is 882 Å². The number of hydrogen-bond acceptors (Lipinski definition) is 31. The van der Waals surface area contributed by atoms with Crippen molar-refractivity contribution in [2.75, 3.05) is 83.2 Å². The fourth-order valence-corrected chi connectivity index (χ4v) is 25.9. The third kappa shape index (κ3) is 22.0. The van der Waals surface area contributed by atoms with Gasteiger partial charge in [-0.05, 0) is 237 Å². The van der Waals surface area contributed by atoms with Gasteiger partial charge in [0, 0.05) is 111 Å². The molecule has 5 aliphatic rings. The smallest absolute Gasteiger partial charge is 0.355 e. The number of thiophene rings is 1. The Hall–Kier alpha value is -15.5. The van der Waals surface area contributed by atoms with E-state index in [0.717, 1.165) is 156 Å². The lowest BCUT2D eigenvalue weighted by Crippen LogP contribution is -2.32. The van der Waals surface area contributed by atoms with Crippen LogP contribution in [0.3, 0.4) is 0 Å². The summed E-state index contributed by atoms with van der Waals surface area (Å²) in [6, 6.07) is 64.5. The lowest BCUT2D eigenvalue weighted by Gasteiger charge is -2.29. The van der Waals surface area contributed by atoms with Crippen LogP contribution in [0.2, 0.25) is 0 Å². The first kappa shape index (κ1) is 99.9. The summed E-state index contributed by atoms with van der Waals surface area (Å²) in [5.74, 6) is 1.15. The van der Waals surface area contributed by atoms with Gasteiger partial charge in [0.25, 0.3) is 17.7 Å². The van der Waals surface area contributed by atoms with Gasteiger partial charge in [-0.1, -0.05) is 144 Å². The summed E-state index contributed by atoms with van der Waals surface area (Å²) in [4.78, 5) is 133. The standard InChI is InChI=1S/C38H34N8O4S2.C36H28N4O4S3.C35H30N6O4S3.CH4/c1-22(2)46-21-41-33-31(39-20-40-34(33)46)24-12-14-25(15-13-24)50-18-6-11-30-32(36(48)49)43-38(52-30)45-17-16-23-7-5-8-26(27(23)19-45)35(47)44-37-42-28-9-3-4-10-29(28)51-37;1-2-22-20-45-21-28(22)24-12-14-25(15-13-24)44-18-6-11-31-32(34(42)43)38-36(47-31)40-17-16-23-7-5-8-26(27(23)19-40)33(41)39-35-37-29-9-3-4-10-30(29)46-35;42-31(39-33-37-26-7-1-2-8-28(26)47-33)24-6-3-5-21-14-16-40(19-25(21)24)35-38-30(32(43)44)29(48-35)9-4-18-45-23-12-10-22(11-13-23)27-20-46-34-36-15-17-41(27)34;/h3-5,7-10,12-15,20-22H,6,11,16-19H2,1-2H3,(H,48,49)(H,42,44,47);1,3-5,7-10,12-15,20-21H,6,11,16-19H2,(H,42,43)(H,37,39,41);1-3,5-8,10-13,20H,4,9,14-19H2,(H,43,44)(H,37,39,42);1H4. The van der Waals surface area contributed by atoms with Crippen LogP contribution in [0.4, 0.5) is 30.8 Å². The Kier molecular flexibility index (Phi) is 30.3. The first-order chi connectivity index (χ1) is 71.8. The number of aromatic carboxylic acids is 3. The first-order valence-electron chi connectivity index (χ1n) is 47.6. The molecule has 5 aliphatic heterocycles. The number of thioether (sulfide) groups is 1. The van der Waals surface area contributed by atoms with Gasteiger partial charge in [0.1, 0.15) is 34.8 Å². The number of aliphatic imine (C=N–C) groups is 1. The number of terminal acetylenes is 1. The van der Waals surface area contributed by atoms with Gasteiger partial charge in [-0.3, -0.25) is 35.3 Å². The molecular weight excluding hydrogens is 2020 g/mol. The number of benzene rings is 9. The number of carboxylic acids is 3. The number of anilines is 6. The van der Waals surface area contributed by atoms with Crippen LogP contribution in [0.15, 0.2) is 234 Å². The molecule has 9 aromatic heterocycles. The van der Waals surface area contributed by atoms with Crippen molar-refractivity contribution in [3.8, 4) is 52.0 Å². The average Bonchev–Trinajstić information content (AvgIpc) is 1.63. The van der Waals surface area contributed by atoms with Crippen LogP contribution in [0, 0.1) is 12.3 Å². The number of amidine groups is 1. The van der Waals surface area contributed by atoms with Crippen LogP contribution >= 0.6 is 91.1 Å². The summed E-state index contributed by atoms with van der Waals surface area (Å²) in [6.45, 7) is 10.6. The number of carbonyl (C=O) groups is 6. The van der Waals surface area contributed by atoms with Gasteiger partial charge >= 0.3 is 17.9 Å². The minimum atomic E-state index is -1.06. The molecule has 0 radical (unpaired) electrons. The van der Waals surface area contributed by atoms with Crippen molar-refractivity contribution < 1.29 is 58.3 Å². The maximum Gasteiger partial charge on any atom is 0.355 e. The van der Waals surface area contributed by atoms with Gasteiger partial charge < -0.3 is 53.7 Å². The van der Waals surface area contributed by atoms with Crippen LogP contribution in [0.25, 0.3) is 69.9 Å². The van der Waals surface area contributed by atoms with E-state index in [1.54, 1.807) is 35.8 Å². The molecule has 0 saturated carbocycles. The van der Waals surface area contributed by atoms with E-state index in [9.17, 15) is 44.1 Å². The van der Waals surface area contributed by atoms with Crippen LogP contribution in [0.1, 0.15) is 168 Å². The quantitative estimate of drug-likeness (QED) is 0.0174. The van der Waals surface area contributed by atoms with Crippen molar-refractivity contribution in [3.05, 3.63) is 322 Å². The predicted molar refractivity (Wildman–Crippen MR) is 592 cm³/mol. The number of aryl methyl sites for hydroxylation is 3. The third-order valence-corrected chi connectivity index (χ3v) is 33.6. The predicted octanol–water partition coefficient (Wildman–Crippen LogP) is 23.3. The Morgan fingerprint density at radius 2 is 0.858 bits per heavy atom. The summed E-state index contributed by atoms with van der Waals surface area (Å²) in [5, 5.41) is 49.7. The van der Waals surface area contributed by atoms with Crippen LogP contribution < -0.4 is 44.9 Å². The third-order valence-electron chi connectivity index (χ3n) is 25.6. The van der Waals surface area contributed by atoms with E-state index in [2.05, 4.69) is 123 Å². The number of fused-ring (bicyclic) bond motifs is 8. The minimum Gasteiger partial charge on any atom is -0.494 e. The SMILES string of the molecule is C.C#Cc1cscc1-c1ccc(OCCCc2sc(N3CCc4cccc(C(=O)Nc5nc6ccccc6s5)c4C3)nc2C(=O)O)cc1.CC(C)n1cnc2c(-c3ccc(OCCCc4sc(N5CCc6cccc(C(=O)Nc7nc8ccccc8s7)c6C5)nc4C(=O)O)cc3)ncnc21.O=C(Nc1nc2ccccc2s1)c1cccc2c1CN(c1nc(C(=O)O)c(CCCOc3ccc(C4=CSC5=NCCN45)cc3)s1)CC2. The second-order valence-electron chi connectivity index (χ2n) is 35.2. The van der Waals surface area contributed by atoms with E-state index >= 15 is 0 Å². The zero-order valence-corrected chi connectivity index (χ0v) is 85.8. The maximum atomic E-state index is 13.5. The van der Waals surface area contributed by atoms with Gasteiger partial charge in [-0.25, -0.2) is 59.2 Å². The molecular formula is C110H96N18O12S8. The number of hydrogen-bond donors (Lipinski definition) is 6. The van der Waals surface area contributed by atoms with Gasteiger partial charge in [0.2, 0.25) is 0 Å². The van der Waals surface area contributed by atoms with E-state index in [1.807, 2.05) is 203 Å². The topological polar surface area (TPSA) is 373 Å². The number of carbonyl (C=O) groups excluding carboxylic acids is 3. The molecule has 9 aromatic carbocycles. The highest BCUT2D eigenvalue weighted by Gasteiger charge is 2.34. The fraction of sp³-hybridized carbons (Fsp3) is 0.218. The molecule has 0 aliphatic carbocycles. The molecule has 30 nitrogen and oxygen atoms in total. The Bertz CT molecular complexity index is 8080. The molecule has 6 N–H and O–H groups in total. The Morgan fingerprint density at radius 1 is 0.453 bits per heavy atom. The van der Waals surface area contributed by atoms with Crippen LogP contribution in [-0.2, 0) is 58.2 Å². The molecule has 0 unspecified atom stereocenters. The maximum absolute atomic E-state index is 13.5. The highest BCUT2D eigenvalue weighted by Crippen LogP contribution is 2.42. The number of amides is 3.